The van der Waals surface area contributed by atoms with Crippen molar-refractivity contribution in [1.29, 1.82) is 0 Å². The van der Waals surface area contributed by atoms with Crippen molar-refractivity contribution >= 4 is 31.8 Å². The number of benzene rings is 3. The molecule has 0 radical (unpaired) electrons. The molecule has 3 aromatic carbocycles. The van der Waals surface area contributed by atoms with E-state index in [-0.39, 0.29) is 4.90 Å². The van der Waals surface area contributed by atoms with Crippen LogP contribution in [0, 0.1) is 0 Å². The Kier molecular flexibility index (Phi) is 2.77. The highest BCUT2D eigenvalue weighted by Crippen LogP contribution is 2.26. The molecule has 0 aliphatic heterocycles. The summed E-state index contributed by atoms with van der Waals surface area (Å²) in [6.45, 7) is 0. The van der Waals surface area contributed by atoms with Gasteiger partial charge in [0.2, 0.25) is 0 Å². The molecule has 0 N–H and O–H groups in total. The lowest BCUT2D eigenvalue weighted by atomic mass is 10.1. The predicted octanol–water partition coefficient (Wildman–Crippen LogP) is 3.43. The molecule has 0 spiro atoms. The summed E-state index contributed by atoms with van der Waals surface area (Å²) in [5.74, 6) is 0. The molecule has 0 aliphatic rings. The number of nitrogens with zero attached hydrogens (tertiary/aromatic N) is 2. The maximum atomic E-state index is 13.0. The number of fused-ring (bicyclic) bond motifs is 2. The Morgan fingerprint density at radius 2 is 1.55 bits per heavy atom. The number of imidazole rings is 1. The lowest BCUT2D eigenvalue weighted by Gasteiger charge is -2.09. The number of hydrogen-bond donors (Lipinski definition) is 0. The van der Waals surface area contributed by atoms with Crippen molar-refractivity contribution in [1.82, 2.24) is 8.96 Å². The molecule has 4 aromatic rings. The van der Waals surface area contributed by atoms with Crippen LogP contribution in [-0.2, 0) is 10.0 Å². The summed E-state index contributed by atoms with van der Waals surface area (Å²) < 4.78 is 27.3. The number of aromatic nitrogens is 2. The van der Waals surface area contributed by atoms with E-state index < -0.39 is 10.0 Å². The Morgan fingerprint density at radius 1 is 0.818 bits per heavy atom. The van der Waals surface area contributed by atoms with Crippen LogP contribution in [0.5, 0.6) is 0 Å². The molecule has 0 aliphatic carbocycles. The second-order valence-electron chi connectivity index (χ2n) is 5.01. The van der Waals surface area contributed by atoms with Gasteiger partial charge in [0.25, 0.3) is 10.0 Å². The molecule has 4 nitrogen and oxygen atoms in total. The van der Waals surface area contributed by atoms with E-state index in [9.17, 15) is 8.42 Å². The van der Waals surface area contributed by atoms with Gasteiger partial charge in [0, 0.05) is 5.39 Å². The highest BCUT2D eigenvalue weighted by molar-refractivity contribution is 7.90. The molecular formula is C17H12N2O2S. The van der Waals surface area contributed by atoms with Gasteiger partial charge in [-0.1, -0.05) is 48.5 Å². The average molecular weight is 308 g/mol. The zero-order valence-electron chi connectivity index (χ0n) is 11.5. The minimum atomic E-state index is -3.69. The number of rotatable bonds is 2. The molecule has 1 heterocycles. The van der Waals surface area contributed by atoms with Gasteiger partial charge < -0.3 is 0 Å². The van der Waals surface area contributed by atoms with Gasteiger partial charge in [-0.2, -0.15) is 0 Å². The second-order valence-corrected chi connectivity index (χ2v) is 6.79. The van der Waals surface area contributed by atoms with Crippen LogP contribution >= 0.6 is 0 Å². The first-order valence-electron chi connectivity index (χ1n) is 6.83. The average Bonchev–Trinajstić information content (AvgIpc) is 2.99. The molecule has 0 atom stereocenters. The maximum Gasteiger partial charge on any atom is 0.270 e. The van der Waals surface area contributed by atoms with Crippen molar-refractivity contribution in [2.24, 2.45) is 0 Å². The van der Waals surface area contributed by atoms with Crippen molar-refractivity contribution in [2.45, 2.75) is 4.90 Å². The summed E-state index contributed by atoms with van der Waals surface area (Å²) in [4.78, 5) is 4.46. The van der Waals surface area contributed by atoms with Crippen LogP contribution in [0.1, 0.15) is 0 Å². The first-order chi connectivity index (χ1) is 10.7. The Morgan fingerprint density at radius 3 is 2.45 bits per heavy atom. The normalized spacial score (nSPS) is 12.0. The van der Waals surface area contributed by atoms with Crippen LogP contribution in [0.4, 0.5) is 0 Å². The second kappa shape index (κ2) is 4.68. The fourth-order valence-corrected chi connectivity index (χ4v) is 4.17. The van der Waals surface area contributed by atoms with Crippen molar-refractivity contribution in [3.05, 3.63) is 73.1 Å². The summed E-state index contributed by atoms with van der Waals surface area (Å²) in [5, 5.41) is 1.61. The number of para-hydroxylation sites is 2. The fraction of sp³-hybridized carbons (Fsp3) is 0. The minimum Gasteiger partial charge on any atom is -0.236 e. The van der Waals surface area contributed by atoms with Gasteiger partial charge in [-0.3, -0.25) is 0 Å². The van der Waals surface area contributed by atoms with E-state index in [0.29, 0.717) is 16.4 Å². The Balaban J connectivity index is 2.05. The molecule has 108 valence electrons. The van der Waals surface area contributed by atoms with E-state index >= 15 is 0 Å². The molecule has 5 heteroatoms. The summed E-state index contributed by atoms with van der Waals surface area (Å²) >= 11 is 0. The molecule has 22 heavy (non-hydrogen) atoms. The van der Waals surface area contributed by atoms with Crippen molar-refractivity contribution < 1.29 is 8.42 Å². The summed E-state index contributed by atoms with van der Waals surface area (Å²) in [7, 11) is -3.69. The molecule has 0 saturated carbocycles. The van der Waals surface area contributed by atoms with Crippen LogP contribution in [0.25, 0.3) is 21.8 Å². The molecule has 0 saturated heterocycles. The third-order valence-electron chi connectivity index (χ3n) is 3.71. The fourth-order valence-electron chi connectivity index (χ4n) is 2.65. The first-order valence-corrected chi connectivity index (χ1v) is 8.27. The van der Waals surface area contributed by atoms with Crippen LogP contribution in [-0.4, -0.2) is 17.4 Å². The van der Waals surface area contributed by atoms with Gasteiger partial charge in [-0.05, 0) is 23.6 Å². The molecule has 4 rings (SSSR count). The van der Waals surface area contributed by atoms with Crippen LogP contribution < -0.4 is 0 Å². The highest BCUT2D eigenvalue weighted by Gasteiger charge is 2.21. The standard InChI is InChI=1S/C17H12N2O2S/c20-22(21,19-12-18-15-9-3-4-10-16(15)19)17-11-5-7-13-6-1-2-8-14(13)17/h1-12H. The van der Waals surface area contributed by atoms with Gasteiger partial charge in [0.05, 0.1) is 15.9 Å². The number of hydrogen-bond acceptors (Lipinski definition) is 3. The molecule has 1 aromatic heterocycles. The van der Waals surface area contributed by atoms with E-state index in [2.05, 4.69) is 4.98 Å². The quantitative estimate of drug-likeness (QED) is 0.570. The Labute approximate surface area is 127 Å². The molecule has 0 fully saturated rings. The zero-order valence-corrected chi connectivity index (χ0v) is 12.4. The largest absolute Gasteiger partial charge is 0.270 e. The molecular weight excluding hydrogens is 296 g/mol. The van der Waals surface area contributed by atoms with Crippen molar-refractivity contribution in [2.75, 3.05) is 0 Å². The highest BCUT2D eigenvalue weighted by atomic mass is 32.2. The minimum absolute atomic E-state index is 0.286. The van der Waals surface area contributed by atoms with E-state index in [1.54, 1.807) is 30.3 Å². The maximum absolute atomic E-state index is 13.0. The first kappa shape index (κ1) is 13.0. The third kappa shape index (κ3) is 1.83. The summed E-state index contributed by atoms with van der Waals surface area (Å²) in [6, 6.07) is 19.9. The Hall–Kier alpha value is -2.66. The van der Waals surface area contributed by atoms with Crippen LogP contribution in [0.15, 0.2) is 78.0 Å². The van der Waals surface area contributed by atoms with Crippen LogP contribution in [0.3, 0.4) is 0 Å². The van der Waals surface area contributed by atoms with Gasteiger partial charge >= 0.3 is 0 Å². The predicted molar refractivity (Wildman–Crippen MR) is 86.3 cm³/mol. The summed E-state index contributed by atoms with van der Waals surface area (Å²) in [5.41, 5.74) is 1.24. The molecule has 0 amide bonds. The van der Waals surface area contributed by atoms with Crippen LogP contribution in [0.2, 0.25) is 0 Å². The SMILES string of the molecule is O=S(=O)(c1cccc2ccccc12)n1cnc2ccccc21. The lowest BCUT2D eigenvalue weighted by Crippen LogP contribution is -2.12. The summed E-state index contributed by atoms with van der Waals surface area (Å²) in [6.07, 6.45) is 1.36. The van der Waals surface area contributed by atoms with E-state index in [0.717, 1.165) is 5.39 Å². The monoisotopic (exact) mass is 308 g/mol. The van der Waals surface area contributed by atoms with Crippen molar-refractivity contribution in [3.63, 3.8) is 0 Å². The van der Waals surface area contributed by atoms with E-state index in [1.165, 1.54) is 10.3 Å². The Bertz CT molecular complexity index is 1090. The van der Waals surface area contributed by atoms with Gasteiger partial charge in [-0.25, -0.2) is 17.4 Å². The van der Waals surface area contributed by atoms with Gasteiger partial charge in [0.15, 0.2) is 0 Å². The zero-order chi connectivity index (χ0) is 15.2. The van der Waals surface area contributed by atoms with E-state index in [1.807, 2.05) is 36.4 Å². The van der Waals surface area contributed by atoms with E-state index in [4.69, 9.17) is 0 Å². The van der Waals surface area contributed by atoms with Gasteiger partial charge in [0.1, 0.15) is 6.33 Å². The molecule has 0 bridgehead atoms. The molecule has 0 unspecified atom stereocenters. The third-order valence-corrected chi connectivity index (χ3v) is 5.43. The topological polar surface area (TPSA) is 52.0 Å². The van der Waals surface area contributed by atoms with Crippen molar-refractivity contribution in [3.8, 4) is 0 Å². The van der Waals surface area contributed by atoms with Gasteiger partial charge in [-0.15, -0.1) is 0 Å². The smallest absolute Gasteiger partial charge is 0.236 e. The lowest BCUT2D eigenvalue weighted by molar-refractivity contribution is 0.589.